The Morgan fingerprint density at radius 2 is 2.05 bits per heavy atom. The molecule has 3 N–H and O–H groups in total. The normalized spacial score (nSPS) is 11.8. The summed E-state index contributed by atoms with van der Waals surface area (Å²) in [5.41, 5.74) is 6.51. The molecule has 0 bridgehead atoms. The number of thioether (sulfide) groups is 1. The molecule has 0 saturated carbocycles. The first-order chi connectivity index (χ1) is 9.17. The third-order valence-electron chi connectivity index (χ3n) is 2.61. The Labute approximate surface area is 128 Å². The SMILES string of the molecule is CSc1c(NCCS(C)(=O)=O)sc(C(=O)C(C)C)c1N. The standard InChI is InChI=1S/C12H20N2O3S3/c1-7(2)9(15)10-8(13)11(18-3)12(19-10)14-5-6-20(4,16)17/h7,14H,5-6,13H2,1-4H3. The van der Waals surface area contributed by atoms with Crippen LogP contribution in [0.2, 0.25) is 0 Å². The Morgan fingerprint density at radius 3 is 2.50 bits per heavy atom. The van der Waals surface area contributed by atoms with Crippen molar-refractivity contribution in [3.63, 3.8) is 0 Å². The van der Waals surface area contributed by atoms with Crippen LogP contribution >= 0.6 is 23.1 Å². The topological polar surface area (TPSA) is 89.3 Å². The molecular weight excluding hydrogens is 316 g/mol. The van der Waals surface area contributed by atoms with E-state index in [1.807, 2.05) is 20.1 Å². The lowest BCUT2D eigenvalue weighted by Crippen LogP contribution is -2.13. The van der Waals surface area contributed by atoms with E-state index in [1.54, 1.807) is 0 Å². The first kappa shape index (κ1) is 17.3. The molecule has 1 rings (SSSR count). The number of nitrogens with two attached hydrogens (primary N) is 1. The lowest BCUT2D eigenvalue weighted by atomic mass is 10.1. The first-order valence-electron chi connectivity index (χ1n) is 6.09. The number of carbonyl (C=O) groups is 1. The lowest BCUT2D eigenvalue weighted by Gasteiger charge is -2.05. The van der Waals surface area contributed by atoms with Gasteiger partial charge in [0, 0.05) is 18.7 Å². The van der Waals surface area contributed by atoms with Crippen molar-refractivity contribution in [2.24, 2.45) is 5.92 Å². The molecule has 0 saturated heterocycles. The molecule has 20 heavy (non-hydrogen) atoms. The average Bonchev–Trinajstić information content (AvgIpc) is 2.63. The Hall–Kier alpha value is -0.730. The molecule has 1 aromatic heterocycles. The van der Waals surface area contributed by atoms with Gasteiger partial charge in [0.1, 0.15) is 14.8 Å². The Bertz CT molecular complexity index is 591. The summed E-state index contributed by atoms with van der Waals surface area (Å²) in [6.45, 7) is 3.97. The van der Waals surface area contributed by atoms with Gasteiger partial charge in [-0.05, 0) is 6.26 Å². The minimum Gasteiger partial charge on any atom is -0.396 e. The molecule has 0 radical (unpaired) electrons. The van der Waals surface area contributed by atoms with Crippen LogP contribution in [0.4, 0.5) is 10.7 Å². The highest BCUT2D eigenvalue weighted by molar-refractivity contribution is 7.99. The van der Waals surface area contributed by atoms with E-state index in [2.05, 4.69) is 5.32 Å². The Balaban J connectivity index is 2.97. The lowest BCUT2D eigenvalue weighted by molar-refractivity contribution is 0.0944. The zero-order valence-electron chi connectivity index (χ0n) is 12.0. The molecular formula is C12H20N2O3S3. The van der Waals surface area contributed by atoms with Gasteiger partial charge in [-0.1, -0.05) is 13.8 Å². The predicted octanol–water partition coefficient (Wildman–Crippen LogP) is 2.35. The number of Topliss-reactive ketones (excluding diaryl/α,β-unsaturated/α-hetero) is 1. The van der Waals surface area contributed by atoms with Gasteiger partial charge in [-0.15, -0.1) is 23.1 Å². The minimum absolute atomic E-state index is 0.0129. The highest BCUT2D eigenvalue weighted by atomic mass is 32.2. The number of ketones is 1. The summed E-state index contributed by atoms with van der Waals surface area (Å²) in [5.74, 6) is -0.0555. The monoisotopic (exact) mass is 336 g/mol. The summed E-state index contributed by atoms with van der Waals surface area (Å²) in [6, 6.07) is 0. The van der Waals surface area contributed by atoms with Gasteiger partial charge in [0.25, 0.3) is 0 Å². The highest BCUT2D eigenvalue weighted by Gasteiger charge is 2.22. The van der Waals surface area contributed by atoms with E-state index in [0.29, 0.717) is 17.1 Å². The van der Waals surface area contributed by atoms with Crippen LogP contribution in [-0.2, 0) is 9.84 Å². The second kappa shape index (κ2) is 6.82. The van der Waals surface area contributed by atoms with Crippen LogP contribution in [0.25, 0.3) is 0 Å². The summed E-state index contributed by atoms with van der Waals surface area (Å²) < 4.78 is 22.3. The van der Waals surface area contributed by atoms with Gasteiger partial charge in [0.2, 0.25) is 0 Å². The molecule has 0 aliphatic heterocycles. The van der Waals surface area contributed by atoms with E-state index in [-0.39, 0.29) is 17.5 Å². The maximum Gasteiger partial charge on any atom is 0.177 e. The van der Waals surface area contributed by atoms with Gasteiger partial charge in [-0.3, -0.25) is 4.79 Å². The second-order valence-electron chi connectivity index (χ2n) is 4.78. The number of hydrogen-bond donors (Lipinski definition) is 2. The molecule has 1 aromatic rings. The van der Waals surface area contributed by atoms with Crippen LogP contribution in [-0.4, -0.2) is 39.0 Å². The maximum atomic E-state index is 12.1. The van der Waals surface area contributed by atoms with E-state index >= 15 is 0 Å². The van der Waals surface area contributed by atoms with Crippen molar-refractivity contribution >= 4 is 49.4 Å². The summed E-state index contributed by atoms with van der Waals surface area (Å²) in [7, 11) is -3.01. The van der Waals surface area contributed by atoms with Gasteiger partial charge in [0.15, 0.2) is 5.78 Å². The third-order valence-corrected chi connectivity index (χ3v) is 5.70. The molecule has 114 valence electrons. The molecule has 0 unspecified atom stereocenters. The number of anilines is 2. The van der Waals surface area contributed by atoms with E-state index in [9.17, 15) is 13.2 Å². The third kappa shape index (κ3) is 4.39. The predicted molar refractivity (Wildman–Crippen MR) is 87.9 cm³/mol. The van der Waals surface area contributed by atoms with Crippen LogP contribution in [0.15, 0.2) is 4.90 Å². The smallest absolute Gasteiger partial charge is 0.177 e. The number of hydrogen-bond acceptors (Lipinski definition) is 7. The van der Waals surface area contributed by atoms with Gasteiger partial charge < -0.3 is 11.1 Å². The van der Waals surface area contributed by atoms with E-state index in [0.717, 1.165) is 9.90 Å². The van der Waals surface area contributed by atoms with Crippen LogP contribution in [0.3, 0.4) is 0 Å². The molecule has 0 amide bonds. The van der Waals surface area contributed by atoms with Crippen LogP contribution in [0, 0.1) is 5.92 Å². The molecule has 1 heterocycles. The molecule has 0 fully saturated rings. The summed E-state index contributed by atoms with van der Waals surface area (Å²) in [4.78, 5) is 13.4. The number of thiophene rings is 1. The average molecular weight is 337 g/mol. The van der Waals surface area contributed by atoms with Crippen LogP contribution in [0.5, 0.6) is 0 Å². The molecule has 0 aliphatic carbocycles. The van der Waals surface area contributed by atoms with Gasteiger partial charge in [-0.2, -0.15) is 0 Å². The zero-order valence-corrected chi connectivity index (χ0v) is 14.5. The van der Waals surface area contributed by atoms with Gasteiger partial charge in [-0.25, -0.2) is 8.42 Å². The van der Waals surface area contributed by atoms with Gasteiger partial charge in [0.05, 0.1) is 21.2 Å². The summed E-state index contributed by atoms with van der Waals surface area (Å²) in [5, 5.41) is 3.83. The summed E-state index contributed by atoms with van der Waals surface area (Å²) >= 11 is 2.75. The molecule has 0 aromatic carbocycles. The van der Waals surface area contributed by atoms with E-state index in [1.165, 1.54) is 29.4 Å². The quantitative estimate of drug-likeness (QED) is 0.587. The fourth-order valence-electron chi connectivity index (χ4n) is 1.54. The number of sulfone groups is 1. The Kier molecular flexibility index (Phi) is 5.91. The first-order valence-corrected chi connectivity index (χ1v) is 10.2. The van der Waals surface area contributed by atoms with E-state index in [4.69, 9.17) is 5.73 Å². The molecule has 8 heteroatoms. The number of rotatable bonds is 7. The van der Waals surface area contributed by atoms with Crippen LogP contribution < -0.4 is 11.1 Å². The molecule has 0 spiro atoms. The summed E-state index contributed by atoms with van der Waals surface area (Å²) in [6.07, 6.45) is 3.07. The fraction of sp³-hybridized carbons (Fsp3) is 0.583. The van der Waals surface area contributed by atoms with Crippen molar-refractivity contribution in [3.8, 4) is 0 Å². The van der Waals surface area contributed by atoms with Crippen molar-refractivity contribution in [1.29, 1.82) is 0 Å². The highest BCUT2D eigenvalue weighted by Crippen LogP contribution is 2.42. The largest absolute Gasteiger partial charge is 0.396 e. The van der Waals surface area contributed by atoms with Crippen molar-refractivity contribution in [2.75, 3.05) is 35.9 Å². The van der Waals surface area contributed by atoms with Gasteiger partial charge >= 0.3 is 0 Å². The molecule has 5 nitrogen and oxygen atoms in total. The van der Waals surface area contributed by atoms with Crippen molar-refractivity contribution in [3.05, 3.63) is 4.88 Å². The second-order valence-corrected chi connectivity index (χ2v) is 8.88. The van der Waals surface area contributed by atoms with Crippen LogP contribution in [0.1, 0.15) is 23.5 Å². The fourth-order valence-corrected chi connectivity index (χ4v) is 4.16. The minimum atomic E-state index is -3.01. The van der Waals surface area contributed by atoms with Crippen molar-refractivity contribution in [2.45, 2.75) is 18.7 Å². The van der Waals surface area contributed by atoms with Crippen molar-refractivity contribution in [1.82, 2.24) is 0 Å². The number of nitrogen functional groups attached to an aromatic ring is 1. The molecule has 0 atom stereocenters. The zero-order chi connectivity index (χ0) is 15.5. The Morgan fingerprint density at radius 1 is 1.45 bits per heavy atom. The maximum absolute atomic E-state index is 12.1. The molecule has 0 aliphatic rings. The van der Waals surface area contributed by atoms with E-state index < -0.39 is 9.84 Å². The number of nitrogens with one attached hydrogen (secondary N) is 1. The van der Waals surface area contributed by atoms with Crippen molar-refractivity contribution < 1.29 is 13.2 Å². The number of carbonyl (C=O) groups excluding carboxylic acids is 1.